The molecule has 1 unspecified atom stereocenters. The number of rotatable bonds is 4. The minimum absolute atomic E-state index is 0.143. The number of carbonyl (C=O) groups is 1. The van der Waals surface area contributed by atoms with E-state index in [4.69, 9.17) is 16.9 Å². The van der Waals surface area contributed by atoms with Gasteiger partial charge in [0, 0.05) is 0 Å². The van der Waals surface area contributed by atoms with Gasteiger partial charge in [0.1, 0.15) is 12.4 Å². The van der Waals surface area contributed by atoms with E-state index in [9.17, 15) is 9.18 Å². The molecule has 0 aromatic heterocycles. The van der Waals surface area contributed by atoms with Crippen LogP contribution in [0.4, 0.5) is 4.39 Å². The van der Waals surface area contributed by atoms with Gasteiger partial charge in [0.15, 0.2) is 5.56 Å². The van der Waals surface area contributed by atoms with Crippen molar-refractivity contribution in [2.24, 2.45) is 0 Å². The van der Waals surface area contributed by atoms with Gasteiger partial charge in [0.25, 0.3) is 0 Å². The van der Waals surface area contributed by atoms with Crippen LogP contribution >= 0.6 is 11.6 Å². The lowest BCUT2D eigenvalue weighted by Gasteiger charge is -2.07. The summed E-state index contributed by atoms with van der Waals surface area (Å²) in [5.74, 6) is -1.35. The molecule has 0 bridgehead atoms. The number of Topliss-reactive ketones (excluding diaryl/α,β-unsaturated/α-hetero) is 1. The molecular formula is C10H7ClFNO2. The quantitative estimate of drug-likeness (QED) is 0.585. The van der Waals surface area contributed by atoms with Crippen LogP contribution in [0, 0.1) is 17.1 Å². The fourth-order valence-electron chi connectivity index (χ4n) is 0.969. The molecule has 1 rings (SSSR count). The molecule has 0 radical (unpaired) electrons. The molecule has 0 aliphatic rings. The first-order valence-electron chi connectivity index (χ1n) is 4.08. The SMILES string of the molecule is N#CCOC(Cl)C(=O)c1ccccc1F. The van der Waals surface area contributed by atoms with Crippen LogP contribution in [-0.4, -0.2) is 18.0 Å². The minimum Gasteiger partial charge on any atom is -0.340 e. The van der Waals surface area contributed by atoms with Crippen molar-refractivity contribution in [3.8, 4) is 6.07 Å². The van der Waals surface area contributed by atoms with Crippen LogP contribution in [0.25, 0.3) is 0 Å². The average molecular weight is 228 g/mol. The molecule has 0 aliphatic carbocycles. The summed E-state index contributed by atoms with van der Waals surface area (Å²) in [5.41, 5.74) is -1.48. The third-order valence-electron chi connectivity index (χ3n) is 1.64. The topological polar surface area (TPSA) is 50.1 Å². The summed E-state index contributed by atoms with van der Waals surface area (Å²) < 4.78 is 17.8. The van der Waals surface area contributed by atoms with Crippen molar-refractivity contribution in [2.45, 2.75) is 5.56 Å². The number of ketones is 1. The van der Waals surface area contributed by atoms with Crippen molar-refractivity contribution < 1.29 is 13.9 Å². The van der Waals surface area contributed by atoms with Gasteiger partial charge >= 0.3 is 0 Å². The second kappa shape index (κ2) is 5.44. The molecule has 0 spiro atoms. The smallest absolute Gasteiger partial charge is 0.209 e. The summed E-state index contributed by atoms with van der Waals surface area (Å²) in [5, 5.41) is 8.20. The number of alkyl halides is 1. The van der Waals surface area contributed by atoms with E-state index < -0.39 is 17.2 Å². The maximum atomic E-state index is 13.1. The largest absolute Gasteiger partial charge is 0.340 e. The lowest BCUT2D eigenvalue weighted by Crippen LogP contribution is -2.19. The maximum absolute atomic E-state index is 13.1. The Labute approximate surface area is 91.0 Å². The highest BCUT2D eigenvalue weighted by molar-refractivity contribution is 6.32. The van der Waals surface area contributed by atoms with Crippen LogP contribution in [0.15, 0.2) is 24.3 Å². The summed E-state index contributed by atoms with van der Waals surface area (Å²) in [6.07, 6.45) is 0. The number of hydrogen-bond donors (Lipinski definition) is 0. The van der Waals surface area contributed by atoms with Gasteiger partial charge in [0.2, 0.25) is 5.78 Å². The molecule has 78 valence electrons. The van der Waals surface area contributed by atoms with E-state index in [1.165, 1.54) is 18.2 Å². The number of benzene rings is 1. The molecule has 0 aliphatic heterocycles. The zero-order valence-electron chi connectivity index (χ0n) is 7.61. The first-order valence-corrected chi connectivity index (χ1v) is 4.52. The maximum Gasteiger partial charge on any atom is 0.209 e. The van der Waals surface area contributed by atoms with Crippen molar-refractivity contribution in [3.63, 3.8) is 0 Å². The Morgan fingerprint density at radius 3 is 2.87 bits per heavy atom. The summed E-state index contributed by atoms with van der Waals surface area (Å²) in [4.78, 5) is 11.5. The summed E-state index contributed by atoms with van der Waals surface area (Å²) in [7, 11) is 0. The molecule has 0 fully saturated rings. The van der Waals surface area contributed by atoms with Crippen LogP contribution in [0.5, 0.6) is 0 Å². The predicted octanol–water partition coefficient (Wildman–Crippen LogP) is 2.11. The summed E-state index contributed by atoms with van der Waals surface area (Å²) in [6.45, 7) is -0.311. The van der Waals surface area contributed by atoms with Crippen molar-refractivity contribution in [1.29, 1.82) is 5.26 Å². The molecule has 3 nitrogen and oxygen atoms in total. The Hall–Kier alpha value is -1.44. The van der Waals surface area contributed by atoms with Crippen LogP contribution in [0.1, 0.15) is 10.4 Å². The molecule has 5 heteroatoms. The van der Waals surface area contributed by atoms with Crippen LogP contribution in [-0.2, 0) is 4.74 Å². The van der Waals surface area contributed by atoms with Crippen molar-refractivity contribution >= 4 is 17.4 Å². The van der Waals surface area contributed by atoms with E-state index in [2.05, 4.69) is 4.74 Å². The molecular weight excluding hydrogens is 221 g/mol. The normalized spacial score (nSPS) is 11.8. The third kappa shape index (κ3) is 3.01. The Kier molecular flexibility index (Phi) is 4.22. The van der Waals surface area contributed by atoms with E-state index in [0.717, 1.165) is 6.07 Å². The van der Waals surface area contributed by atoms with Gasteiger partial charge in [-0.3, -0.25) is 4.79 Å². The molecule has 1 atom stereocenters. The molecule has 1 aromatic carbocycles. The monoisotopic (exact) mass is 227 g/mol. The second-order valence-electron chi connectivity index (χ2n) is 2.63. The van der Waals surface area contributed by atoms with Crippen molar-refractivity contribution in [2.75, 3.05) is 6.61 Å². The van der Waals surface area contributed by atoms with Crippen LogP contribution in [0.3, 0.4) is 0 Å². The van der Waals surface area contributed by atoms with Gasteiger partial charge in [0.05, 0.1) is 11.6 Å². The highest BCUT2D eigenvalue weighted by Gasteiger charge is 2.20. The average Bonchev–Trinajstić information content (AvgIpc) is 2.25. The second-order valence-corrected chi connectivity index (χ2v) is 3.03. The fraction of sp³-hybridized carbons (Fsp3) is 0.200. The van der Waals surface area contributed by atoms with E-state index in [-0.39, 0.29) is 12.2 Å². The van der Waals surface area contributed by atoms with E-state index in [1.807, 2.05) is 0 Å². The van der Waals surface area contributed by atoms with E-state index >= 15 is 0 Å². The number of carbonyl (C=O) groups excluding carboxylic acids is 1. The highest BCUT2D eigenvalue weighted by Crippen LogP contribution is 2.13. The summed E-state index contributed by atoms with van der Waals surface area (Å²) in [6, 6.07) is 7.11. The number of ether oxygens (including phenoxy) is 1. The zero-order chi connectivity index (χ0) is 11.3. The summed E-state index contributed by atoms with van der Waals surface area (Å²) >= 11 is 5.53. The van der Waals surface area contributed by atoms with Crippen molar-refractivity contribution in [1.82, 2.24) is 0 Å². The first-order chi connectivity index (χ1) is 7.16. The molecule has 0 saturated heterocycles. The Bertz CT molecular complexity index is 403. The minimum atomic E-state index is -1.33. The number of nitrogens with zero attached hydrogens (tertiary/aromatic N) is 1. The Balaban J connectivity index is 2.77. The van der Waals surface area contributed by atoms with Gasteiger partial charge in [-0.25, -0.2) is 4.39 Å². The van der Waals surface area contributed by atoms with E-state index in [0.29, 0.717) is 0 Å². The Morgan fingerprint density at radius 2 is 2.27 bits per heavy atom. The van der Waals surface area contributed by atoms with Gasteiger partial charge < -0.3 is 4.74 Å². The van der Waals surface area contributed by atoms with E-state index in [1.54, 1.807) is 6.07 Å². The Morgan fingerprint density at radius 1 is 1.60 bits per heavy atom. The molecule has 15 heavy (non-hydrogen) atoms. The molecule has 0 saturated carbocycles. The van der Waals surface area contributed by atoms with Gasteiger partial charge in [-0.05, 0) is 12.1 Å². The lowest BCUT2D eigenvalue weighted by molar-refractivity contribution is 0.0726. The van der Waals surface area contributed by atoms with Crippen molar-refractivity contribution in [3.05, 3.63) is 35.6 Å². The van der Waals surface area contributed by atoms with Gasteiger partial charge in [-0.2, -0.15) is 5.26 Å². The first kappa shape index (κ1) is 11.6. The zero-order valence-corrected chi connectivity index (χ0v) is 8.37. The standard InChI is InChI=1S/C10H7ClFNO2/c11-10(15-6-5-13)9(14)7-3-1-2-4-8(7)12/h1-4,10H,6H2. The fourth-order valence-corrected chi connectivity index (χ4v) is 1.15. The molecule has 0 heterocycles. The highest BCUT2D eigenvalue weighted by atomic mass is 35.5. The van der Waals surface area contributed by atoms with Crippen LogP contribution in [0.2, 0.25) is 0 Å². The van der Waals surface area contributed by atoms with Crippen LogP contribution < -0.4 is 0 Å². The van der Waals surface area contributed by atoms with Gasteiger partial charge in [-0.1, -0.05) is 23.7 Å². The lowest BCUT2D eigenvalue weighted by atomic mass is 10.1. The van der Waals surface area contributed by atoms with Gasteiger partial charge in [-0.15, -0.1) is 0 Å². The third-order valence-corrected chi connectivity index (χ3v) is 1.96. The number of halogens is 2. The predicted molar refractivity (Wildman–Crippen MR) is 51.9 cm³/mol. The molecule has 0 N–H and O–H groups in total. The molecule has 1 aromatic rings. The number of hydrogen-bond acceptors (Lipinski definition) is 3. The molecule has 0 amide bonds. The number of nitriles is 1.